The Morgan fingerprint density at radius 2 is 1.46 bits per heavy atom. The first kappa shape index (κ1) is 23.2. The molecule has 1 saturated heterocycles. The Labute approximate surface area is 203 Å². The summed E-state index contributed by atoms with van der Waals surface area (Å²) in [6.45, 7) is -0.547. The van der Waals surface area contributed by atoms with E-state index in [2.05, 4.69) is 0 Å². The first-order chi connectivity index (χ1) is 16.9. The van der Waals surface area contributed by atoms with E-state index in [1.807, 2.05) is 42.5 Å². The molecule has 1 aliphatic heterocycles. The molecule has 0 spiro atoms. The van der Waals surface area contributed by atoms with Crippen LogP contribution in [0.3, 0.4) is 0 Å². The molecule has 0 amide bonds. The fourth-order valence-corrected chi connectivity index (χ4v) is 6.18. The van der Waals surface area contributed by atoms with Crippen LogP contribution in [0.1, 0.15) is 22.7 Å². The summed E-state index contributed by atoms with van der Waals surface area (Å²) in [5, 5.41) is 0. The highest BCUT2D eigenvalue weighted by atomic mass is 32.2. The average molecular weight is 494 g/mol. The number of fused-ring (bicyclic) bond motifs is 3. The van der Waals surface area contributed by atoms with Crippen molar-refractivity contribution >= 4 is 22.2 Å². The first-order valence-corrected chi connectivity index (χ1v) is 12.4. The zero-order valence-electron chi connectivity index (χ0n) is 18.9. The molecule has 5 rings (SSSR count). The Morgan fingerprint density at radius 3 is 2.06 bits per heavy atom. The van der Waals surface area contributed by atoms with Crippen molar-refractivity contribution in [3.8, 4) is 11.1 Å². The second-order valence-electron chi connectivity index (χ2n) is 8.32. The maximum absolute atomic E-state index is 13.3. The van der Waals surface area contributed by atoms with Crippen LogP contribution in [0.4, 0.5) is 0 Å². The van der Waals surface area contributed by atoms with E-state index in [0.717, 1.165) is 28.1 Å². The molecule has 35 heavy (non-hydrogen) atoms. The molecule has 0 bridgehead atoms. The van der Waals surface area contributed by atoms with E-state index in [0.29, 0.717) is 11.1 Å². The van der Waals surface area contributed by atoms with Gasteiger partial charge in [0.1, 0.15) is 18.6 Å². The SMILES string of the molecule is COC(=O)C1[C@H](C(=O)OCc2ccccc2)COS(=O)(=O)N1C1c2ccccc2-c2ccccc21. The molecule has 0 N–H and O–H groups in total. The molecular weight excluding hydrogens is 470 g/mol. The molecule has 0 aromatic heterocycles. The van der Waals surface area contributed by atoms with Gasteiger partial charge in [0.05, 0.1) is 19.8 Å². The second kappa shape index (κ2) is 9.26. The number of carbonyl (C=O) groups excluding carboxylic acids is 2. The lowest BCUT2D eigenvalue weighted by Crippen LogP contribution is -2.58. The van der Waals surface area contributed by atoms with Crippen LogP contribution < -0.4 is 0 Å². The van der Waals surface area contributed by atoms with Gasteiger partial charge in [-0.2, -0.15) is 12.7 Å². The van der Waals surface area contributed by atoms with Crippen molar-refractivity contribution < 1.29 is 31.7 Å². The van der Waals surface area contributed by atoms with Gasteiger partial charge in [-0.1, -0.05) is 78.9 Å². The Kier molecular flexibility index (Phi) is 6.14. The third-order valence-electron chi connectivity index (χ3n) is 6.33. The van der Waals surface area contributed by atoms with Crippen molar-refractivity contribution in [2.24, 2.45) is 5.92 Å². The topological polar surface area (TPSA) is 99.2 Å². The van der Waals surface area contributed by atoms with Crippen molar-refractivity contribution in [3.63, 3.8) is 0 Å². The molecule has 9 heteroatoms. The summed E-state index contributed by atoms with van der Waals surface area (Å²) in [5.74, 6) is -2.82. The highest BCUT2D eigenvalue weighted by Crippen LogP contribution is 2.49. The number of methoxy groups -OCH3 is 1. The standard InChI is InChI=1S/C26H23NO7S/c1-32-26(29)24-22(25(28)33-15-17-9-3-2-4-10-17)16-34-35(30,31)27(24)23-20-13-7-5-11-18(20)19-12-6-8-14-21(19)23/h2-14,22-24H,15-16H2,1H3/t22-,24?/m1/s1. The summed E-state index contributed by atoms with van der Waals surface area (Å²) >= 11 is 0. The van der Waals surface area contributed by atoms with Crippen LogP contribution >= 0.6 is 0 Å². The monoisotopic (exact) mass is 493 g/mol. The second-order valence-corrected chi connectivity index (χ2v) is 9.83. The van der Waals surface area contributed by atoms with Gasteiger partial charge in [-0.15, -0.1) is 0 Å². The van der Waals surface area contributed by atoms with E-state index in [9.17, 15) is 18.0 Å². The van der Waals surface area contributed by atoms with Gasteiger partial charge in [-0.3, -0.25) is 13.8 Å². The van der Waals surface area contributed by atoms with E-state index in [-0.39, 0.29) is 6.61 Å². The Bertz CT molecular complexity index is 1330. The maximum Gasteiger partial charge on any atom is 0.340 e. The number of rotatable bonds is 5. The highest BCUT2D eigenvalue weighted by Gasteiger charge is 2.55. The minimum Gasteiger partial charge on any atom is -0.468 e. The van der Waals surface area contributed by atoms with Gasteiger partial charge in [-0.25, -0.2) is 0 Å². The van der Waals surface area contributed by atoms with Crippen molar-refractivity contribution in [2.45, 2.75) is 18.7 Å². The van der Waals surface area contributed by atoms with Crippen LogP contribution in [0, 0.1) is 5.92 Å². The van der Waals surface area contributed by atoms with Gasteiger partial charge in [0.2, 0.25) is 0 Å². The average Bonchev–Trinajstić information content (AvgIpc) is 3.21. The molecule has 1 heterocycles. The normalized spacial score (nSPS) is 21.1. The van der Waals surface area contributed by atoms with E-state index in [1.54, 1.807) is 36.4 Å². The number of hydrogen-bond donors (Lipinski definition) is 0. The molecule has 2 aliphatic rings. The van der Waals surface area contributed by atoms with Crippen LogP contribution in [0.15, 0.2) is 78.9 Å². The van der Waals surface area contributed by atoms with Gasteiger partial charge in [0, 0.05) is 0 Å². The van der Waals surface area contributed by atoms with Crippen molar-refractivity contribution in [1.82, 2.24) is 4.31 Å². The molecular formula is C26H23NO7S. The summed E-state index contributed by atoms with van der Waals surface area (Å²) in [4.78, 5) is 26.2. The van der Waals surface area contributed by atoms with Crippen molar-refractivity contribution in [3.05, 3.63) is 95.6 Å². The number of benzene rings is 3. The number of carbonyl (C=O) groups is 2. The Morgan fingerprint density at radius 1 is 0.886 bits per heavy atom. The molecule has 180 valence electrons. The lowest BCUT2D eigenvalue weighted by Gasteiger charge is -2.40. The Balaban J connectivity index is 1.56. The van der Waals surface area contributed by atoms with Gasteiger partial charge in [0.25, 0.3) is 0 Å². The quantitative estimate of drug-likeness (QED) is 0.503. The van der Waals surface area contributed by atoms with Crippen LogP contribution in [-0.2, 0) is 40.2 Å². The first-order valence-electron chi connectivity index (χ1n) is 11.1. The van der Waals surface area contributed by atoms with Gasteiger partial charge >= 0.3 is 22.2 Å². The zero-order valence-corrected chi connectivity index (χ0v) is 19.7. The predicted octanol–water partition coefficient (Wildman–Crippen LogP) is 3.23. The minimum absolute atomic E-state index is 0.0219. The summed E-state index contributed by atoms with van der Waals surface area (Å²) in [6, 6.07) is 21.4. The lowest BCUT2D eigenvalue weighted by atomic mass is 9.96. The van der Waals surface area contributed by atoms with Crippen LogP contribution in [-0.4, -0.2) is 44.4 Å². The summed E-state index contributed by atoms with van der Waals surface area (Å²) in [6.07, 6.45) is 0. The number of hydrogen-bond acceptors (Lipinski definition) is 7. The molecule has 0 radical (unpaired) electrons. The van der Waals surface area contributed by atoms with Gasteiger partial charge < -0.3 is 9.47 Å². The predicted molar refractivity (Wildman–Crippen MR) is 126 cm³/mol. The van der Waals surface area contributed by atoms with Crippen LogP contribution in [0.25, 0.3) is 11.1 Å². The molecule has 3 aromatic carbocycles. The summed E-state index contributed by atoms with van der Waals surface area (Å²) in [7, 11) is -3.25. The van der Waals surface area contributed by atoms with Gasteiger partial charge in [-0.05, 0) is 27.8 Å². The molecule has 3 aromatic rings. The third-order valence-corrected chi connectivity index (χ3v) is 7.72. The Hall–Kier alpha value is -3.53. The number of ether oxygens (including phenoxy) is 2. The fourth-order valence-electron chi connectivity index (χ4n) is 4.74. The fraction of sp³-hybridized carbons (Fsp3) is 0.231. The van der Waals surface area contributed by atoms with E-state index >= 15 is 0 Å². The van der Waals surface area contributed by atoms with E-state index in [1.165, 1.54) is 0 Å². The molecule has 8 nitrogen and oxygen atoms in total. The summed E-state index contributed by atoms with van der Waals surface area (Å²) in [5.41, 5.74) is 3.83. The molecule has 1 unspecified atom stereocenters. The molecule has 1 aliphatic carbocycles. The maximum atomic E-state index is 13.3. The zero-order chi connectivity index (χ0) is 24.6. The third kappa shape index (κ3) is 4.12. The minimum atomic E-state index is -4.41. The van der Waals surface area contributed by atoms with E-state index in [4.69, 9.17) is 13.7 Å². The van der Waals surface area contributed by atoms with Crippen molar-refractivity contribution in [1.29, 1.82) is 0 Å². The highest BCUT2D eigenvalue weighted by molar-refractivity contribution is 7.84. The lowest BCUT2D eigenvalue weighted by molar-refractivity contribution is -0.163. The summed E-state index contributed by atoms with van der Waals surface area (Å²) < 4.78 is 43.2. The number of nitrogens with zero attached hydrogens (tertiary/aromatic N) is 1. The smallest absolute Gasteiger partial charge is 0.340 e. The van der Waals surface area contributed by atoms with Crippen molar-refractivity contribution in [2.75, 3.05) is 13.7 Å². The largest absolute Gasteiger partial charge is 0.468 e. The molecule has 2 atom stereocenters. The van der Waals surface area contributed by atoms with Crippen LogP contribution in [0.5, 0.6) is 0 Å². The molecule has 1 fully saturated rings. The van der Waals surface area contributed by atoms with E-state index < -0.39 is 46.9 Å². The number of esters is 2. The van der Waals surface area contributed by atoms with Crippen LogP contribution in [0.2, 0.25) is 0 Å². The molecule has 0 saturated carbocycles. The van der Waals surface area contributed by atoms with Gasteiger partial charge in [0.15, 0.2) is 0 Å².